The highest BCUT2D eigenvalue weighted by Gasteiger charge is 2.28. The Morgan fingerprint density at radius 3 is 2.62 bits per heavy atom. The Morgan fingerprint density at radius 2 is 2.03 bits per heavy atom. The second kappa shape index (κ2) is 10.5. The molecule has 1 fully saturated rings. The first-order chi connectivity index (χ1) is 14.1. The molecule has 3 heterocycles. The van der Waals surface area contributed by atoms with Crippen molar-refractivity contribution in [3.63, 3.8) is 0 Å². The summed E-state index contributed by atoms with van der Waals surface area (Å²) in [6.45, 7) is 8.03. The number of hydrogen-bond donors (Lipinski definition) is 1. The maximum absolute atomic E-state index is 12.8. The molecule has 0 bridgehead atoms. The van der Waals surface area contributed by atoms with Gasteiger partial charge in [-0.05, 0) is 60.5 Å². The monoisotopic (exact) mass is 414 g/mol. The highest BCUT2D eigenvalue weighted by Crippen LogP contribution is 2.23. The number of likely N-dealkylation sites (N-methyl/N-ethyl adjacent to an activating group) is 1. The summed E-state index contributed by atoms with van der Waals surface area (Å²) in [5.74, 6) is 0.0645. The SMILES string of the molecule is CCN(CC)[C@H](CNC(=O)C1CCN(C(=O)c2cccnc2)CC1)c1ccsc1. The number of carbonyl (C=O) groups excluding carboxylic acids is 2. The van der Waals surface area contributed by atoms with E-state index in [2.05, 4.69) is 45.9 Å². The summed E-state index contributed by atoms with van der Waals surface area (Å²) in [5.41, 5.74) is 1.86. The molecular weight excluding hydrogens is 384 g/mol. The molecule has 2 aromatic rings. The molecule has 1 N–H and O–H groups in total. The first-order valence-corrected chi connectivity index (χ1v) is 11.3. The van der Waals surface area contributed by atoms with Crippen LogP contribution in [0.25, 0.3) is 0 Å². The quantitative estimate of drug-likeness (QED) is 0.720. The van der Waals surface area contributed by atoms with Gasteiger partial charge in [0, 0.05) is 37.9 Å². The van der Waals surface area contributed by atoms with Crippen molar-refractivity contribution in [3.05, 3.63) is 52.5 Å². The molecule has 29 heavy (non-hydrogen) atoms. The van der Waals surface area contributed by atoms with Crippen molar-refractivity contribution in [2.24, 2.45) is 5.92 Å². The molecule has 2 amide bonds. The number of nitrogens with zero attached hydrogens (tertiary/aromatic N) is 3. The van der Waals surface area contributed by atoms with E-state index in [1.54, 1.807) is 35.9 Å². The van der Waals surface area contributed by atoms with Crippen LogP contribution in [0.15, 0.2) is 41.4 Å². The van der Waals surface area contributed by atoms with E-state index in [0.717, 1.165) is 13.1 Å². The van der Waals surface area contributed by atoms with E-state index in [9.17, 15) is 9.59 Å². The molecule has 1 aliphatic rings. The summed E-state index contributed by atoms with van der Waals surface area (Å²) in [5, 5.41) is 7.43. The van der Waals surface area contributed by atoms with Crippen LogP contribution in [0.2, 0.25) is 0 Å². The van der Waals surface area contributed by atoms with E-state index in [1.807, 2.05) is 4.90 Å². The standard InChI is InChI=1S/C22H30N4O2S/c1-3-25(4-2)20(19-9-13-29-16-19)15-24-21(27)17-7-11-26(12-8-17)22(28)18-6-5-10-23-14-18/h5-6,9-10,13-14,16-17,20H,3-4,7-8,11-12,15H2,1-2H3,(H,24,27)/t20-/m1/s1. The largest absolute Gasteiger partial charge is 0.354 e. The van der Waals surface area contributed by atoms with E-state index >= 15 is 0 Å². The van der Waals surface area contributed by atoms with Crippen LogP contribution >= 0.6 is 11.3 Å². The van der Waals surface area contributed by atoms with E-state index in [4.69, 9.17) is 0 Å². The summed E-state index contributed by atoms with van der Waals surface area (Å²) < 4.78 is 0. The van der Waals surface area contributed by atoms with Gasteiger partial charge in [-0.25, -0.2) is 0 Å². The van der Waals surface area contributed by atoms with Gasteiger partial charge in [0.25, 0.3) is 5.91 Å². The van der Waals surface area contributed by atoms with Gasteiger partial charge in [0.05, 0.1) is 11.6 Å². The number of nitrogens with one attached hydrogen (secondary N) is 1. The molecule has 3 rings (SSSR count). The lowest BCUT2D eigenvalue weighted by Crippen LogP contribution is -2.45. The average Bonchev–Trinajstić information content (AvgIpc) is 3.31. The molecule has 0 spiro atoms. The van der Waals surface area contributed by atoms with Gasteiger partial charge in [-0.15, -0.1) is 0 Å². The van der Waals surface area contributed by atoms with E-state index in [0.29, 0.717) is 38.0 Å². The van der Waals surface area contributed by atoms with Gasteiger partial charge in [-0.1, -0.05) is 13.8 Å². The lowest BCUT2D eigenvalue weighted by Gasteiger charge is -2.33. The van der Waals surface area contributed by atoms with Gasteiger partial charge < -0.3 is 10.2 Å². The molecule has 6 nitrogen and oxygen atoms in total. The third-order valence-electron chi connectivity index (χ3n) is 5.71. The topological polar surface area (TPSA) is 65.5 Å². The molecule has 1 saturated heterocycles. The van der Waals surface area contributed by atoms with Crippen LogP contribution in [0, 0.1) is 5.92 Å². The van der Waals surface area contributed by atoms with Gasteiger partial charge >= 0.3 is 0 Å². The average molecular weight is 415 g/mol. The van der Waals surface area contributed by atoms with Gasteiger partial charge in [0.1, 0.15) is 0 Å². The van der Waals surface area contributed by atoms with Crippen molar-refractivity contribution in [1.29, 1.82) is 0 Å². The summed E-state index contributed by atoms with van der Waals surface area (Å²) in [4.78, 5) is 33.5. The number of amides is 2. The first-order valence-electron chi connectivity index (χ1n) is 10.4. The molecule has 0 aliphatic carbocycles. The minimum Gasteiger partial charge on any atom is -0.354 e. The zero-order valence-corrected chi connectivity index (χ0v) is 18.0. The van der Waals surface area contributed by atoms with Crippen LogP contribution in [0.4, 0.5) is 0 Å². The Balaban J connectivity index is 1.52. The lowest BCUT2D eigenvalue weighted by molar-refractivity contribution is -0.126. The van der Waals surface area contributed by atoms with Crippen molar-refractivity contribution in [2.75, 3.05) is 32.7 Å². The fraction of sp³-hybridized carbons (Fsp3) is 0.500. The van der Waals surface area contributed by atoms with E-state index < -0.39 is 0 Å². The molecule has 156 valence electrons. The number of piperidine rings is 1. The van der Waals surface area contributed by atoms with Crippen LogP contribution in [-0.2, 0) is 4.79 Å². The minimum atomic E-state index is -0.0345. The Bertz CT molecular complexity index is 769. The molecular formula is C22H30N4O2S. The first kappa shape index (κ1) is 21.5. The third kappa shape index (κ3) is 5.42. The Kier molecular flexibility index (Phi) is 7.77. The van der Waals surface area contributed by atoms with Crippen molar-refractivity contribution in [3.8, 4) is 0 Å². The number of thiophene rings is 1. The molecule has 2 aromatic heterocycles. The number of pyridine rings is 1. The summed E-state index contributed by atoms with van der Waals surface area (Å²) in [6, 6.07) is 5.90. The molecule has 1 atom stereocenters. The van der Waals surface area contributed by atoms with Crippen molar-refractivity contribution in [1.82, 2.24) is 20.1 Å². The molecule has 7 heteroatoms. The highest BCUT2D eigenvalue weighted by atomic mass is 32.1. The van der Waals surface area contributed by atoms with Gasteiger partial charge in [-0.2, -0.15) is 11.3 Å². The van der Waals surface area contributed by atoms with Gasteiger partial charge in [-0.3, -0.25) is 19.5 Å². The van der Waals surface area contributed by atoms with Gasteiger partial charge in [0.2, 0.25) is 5.91 Å². The summed E-state index contributed by atoms with van der Waals surface area (Å²) in [6.07, 6.45) is 4.66. The van der Waals surface area contributed by atoms with Gasteiger partial charge in [0.15, 0.2) is 0 Å². The number of carbonyl (C=O) groups is 2. The van der Waals surface area contributed by atoms with Crippen LogP contribution in [-0.4, -0.2) is 59.3 Å². The summed E-state index contributed by atoms with van der Waals surface area (Å²) >= 11 is 1.69. The van der Waals surface area contributed by atoms with Crippen LogP contribution in [0.3, 0.4) is 0 Å². The Morgan fingerprint density at radius 1 is 1.28 bits per heavy atom. The van der Waals surface area contributed by atoms with Crippen molar-refractivity contribution < 1.29 is 9.59 Å². The van der Waals surface area contributed by atoms with E-state index in [1.165, 1.54) is 5.56 Å². The summed E-state index contributed by atoms with van der Waals surface area (Å²) in [7, 11) is 0. The third-order valence-corrected chi connectivity index (χ3v) is 6.41. The minimum absolute atomic E-state index is 0.00369. The molecule has 1 aliphatic heterocycles. The maximum Gasteiger partial charge on any atom is 0.255 e. The second-order valence-electron chi connectivity index (χ2n) is 7.35. The molecule has 0 aromatic carbocycles. The predicted octanol–water partition coefficient (Wildman–Crippen LogP) is 3.19. The Labute approximate surface area is 176 Å². The van der Waals surface area contributed by atoms with Crippen LogP contribution in [0.5, 0.6) is 0 Å². The fourth-order valence-corrected chi connectivity index (χ4v) is 4.65. The zero-order valence-electron chi connectivity index (χ0n) is 17.2. The smallest absolute Gasteiger partial charge is 0.255 e. The molecule has 0 unspecified atom stereocenters. The number of aromatic nitrogens is 1. The number of rotatable bonds is 8. The number of likely N-dealkylation sites (tertiary alicyclic amines) is 1. The normalized spacial score (nSPS) is 16.0. The van der Waals surface area contributed by atoms with Crippen molar-refractivity contribution >= 4 is 23.2 Å². The second-order valence-corrected chi connectivity index (χ2v) is 8.13. The lowest BCUT2D eigenvalue weighted by atomic mass is 9.95. The fourth-order valence-electron chi connectivity index (χ4n) is 3.94. The predicted molar refractivity (Wildman–Crippen MR) is 116 cm³/mol. The van der Waals surface area contributed by atoms with Crippen molar-refractivity contribution in [2.45, 2.75) is 32.7 Å². The van der Waals surface area contributed by atoms with Crippen LogP contribution < -0.4 is 5.32 Å². The van der Waals surface area contributed by atoms with E-state index in [-0.39, 0.29) is 23.8 Å². The zero-order chi connectivity index (χ0) is 20.6. The van der Waals surface area contributed by atoms with Crippen LogP contribution in [0.1, 0.15) is 48.7 Å². The molecule has 0 saturated carbocycles. The maximum atomic E-state index is 12.8. The molecule has 0 radical (unpaired) electrons. The number of hydrogen-bond acceptors (Lipinski definition) is 5. The Hall–Kier alpha value is -2.25. The highest BCUT2D eigenvalue weighted by molar-refractivity contribution is 7.07.